The maximum Gasteiger partial charge on any atom is 0.203 e. The highest BCUT2D eigenvalue weighted by molar-refractivity contribution is 9.11. The molecule has 28 heavy (non-hydrogen) atoms. The van der Waals surface area contributed by atoms with Gasteiger partial charge in [-0.2, -0.15) is 0 Å². The third-order valence-electron chi connectivity index (χ3n) is 5.02. The van der Waals surface area contributed by atoms with Gasteiger partial charge in [0.15, 0.2) is 11.5 Å². The first-order valence-electron chi connectivity index (χ1n) is 8.63. The van der Waals surface area contributed by atoms with Crippen LogP contribution < -0.4 is 19.7 Å². The first-order valence-corrected chi connectivity index (χ1v) is 9.42. The molecule has 1 aromatic carbocycles. The van der Waals surface area contributed by atoms with E-state index in [1.54, 1.807) is 42.7 Å². The van der Waals surface area contributed by atoms with Crippen LogP contribution in [0.1, 0.15) is 18.1 Å². The van der Waals surface area contributed by atoms with Gasteiger partial charge >= 0.3 is 0 Å². The summed E-state index contributed by atoms with van der Waals surface area (Å²) in [5.41, 5.74) is 3.72. The molecule has 0 aromatic heterocycles. The van der Waals surface area contributed by atoms with Gasteiger partial charge < -0.3 is 28.4 Å². The molecule has 0 spiro atoms. The summed E-state index contributed by atoms with van der Waals surface area (Å²) in [5, 5.41) is 0. The van der Waals surface area contributed by atoms with Crippen LogP contribution in [0.15, 0.2) is 15.8 Å². The summed E-state index contributed by atoms with van der Waals surface area (Å²) in [5.74, 6) is 1.96. The molecule has 0 N–H and O–H groups in total. The molecule has 6 nitrogen and oxygen atoms in total. The van der Waals surface area contributed by atoms with Crippen molar-refractivity contribution in [2.75, 3.05) is 42.7 Å². The Balaban J connectivity index is 2.99. The van der Waals surface area contributed by atoms with Gasteiger partial charge in [0.05, 0.1) is 28.4 Å². The zero-order valence-corrected chi connectivity index (χ0v) is 19.1. The predicted octanol–water partition coefficient (Wildman–Crippen LogP) is 2.88. The normalized spacial score (nSPS) is 19.8. The highest BCUT2D eigenvalue weighted by Gasteiger charge is 2.39. The van der Waals surface area contributed by atoms with Crippen LogP contribution in [0.2, 0.25) is 0 Å². The van der Waals surface area contributed by atoms with Crippen molar-refractivity contribution in [2.45, 2.75) is 26.1 Å². The van der Waals surface area contributed by atoms with E-state index in [0.29, 0.717) is 28.5 Å². The van der Waals surface area contributed by atoms with Crippen molar-refractivity contribution < 1.29 is 28.4 Å². The Labute approximate surface area is 176 Å². The Kier molecular flexibility index (Phi) is 7.48. The molecule has 1 aromatic rings. The SMILES string of the molecule is [B]c1c(C)c(C2=C(OC)C(OC)C(OC)C(Br)=C2C)c(OC)c(OC)c1OC. The summed E-state index contributed by atoms with van der Waals surface area (Å²) in [6, 6.07) is 0. The maximum absolute atomic E-state index is 6.38. The Morgan fingerprint density at radius 2 is 1.29 bits per heavy atom. The Morgan fingerprint density at radius 3 is 1.71 bits per heavy atom. The molecule has 0 saturated heterocycles. The molecule has 0 saturated carbocycles. The van der Waals surface area contributed by atoms with Crippen molar-refractivity contribution >= 4 is 34.8 Å². The molecular formula is C20H26BBrO6. The van der Waals surface area contributed by atoms with Crippen molar-refractivity contribution in [2.24, 2.45) is 0 Å². The van der Waals surface area contributed by atoms with Crippen LogP contribution in [0.4, 0.5) is 0 Å². The number of halogens is 1. The van der Waals surface area contributed by atoms with E-state index in [1.165, 1.54) is 0 Å². The van der Waals surface area contributed by atoms with E-state index in [2.05, 4.69) is 15.9 Å². The van der Waals surface area contributed by atoms with Gasteiger partial charge in [0.1, 0.15) is 25.8 Å². The lowest BCUT2D eigenvalue weighted by Crippen LogP contribution is -2.37. The van der Waals surface area contributed by atoms with E-state index in [0.717, 1.165) is 26.8 Å². The van der Waals surface area contributed by atoms with Crippen molar-refractivity contribution in [3.8, 4) is 17.2 Å². The summed E-state index contributed by atoms with van der Waals surface area (Å²) in [6.45, 7) is 3.88. The minimum absolute atomic E-state index is 0.340. The van der Waals surface area contributed by atoms with Gasteiger partial charge in [0.2, 0.25) is 5.75 Å². The number of ether oxygens (including phenoxy) is 6. The van der Waals surface area contributed by atoms with Crippen molar-refractivity contribution in [1.29, 1.82) is 0 Å². The molecular weight excluding hydrogens is 427 g/mol. The molecule has 0 heterocycles. The first kappa shape index (κ1) is 22.7. The average Bonchev–Trinajstić information content (AvgIpc) is 2.71. The summed E-state index contributed by atoms with van der Waals surface area (Å²) in [7, 11) is 15.9. The molecule has 0 bridgehead atoms. The van der Waals surface area contributed by atoms with E-state index in [9.17, 15) is 0 Å². The smallest absolute Gasteiger partial charge is 0.203 e. The second-order valence-corrected chi connectivity index (χ2v) is 7.10. The molecule has 152 valence electrons. The molecule has 0 fully saturated rings. The summed E-state index contributed by atoms with van der Waals surface area (Å²) >= 11 is 3.67. The summed E-state index contributed by atoms with van der Waals surface area (Å²) in [6.07, 6.45) is -0.797. The molecule has 1 aliphatic carbocycles. The average molecular weight is 453 g/mol. The van der Waals surface area contributed by atoms with Crippen LogP contribution in [0.3, 0.4) is 0 Å². The number of hydrogen-bond donors (Lipinski definition) is 0. The highest BCUT2D eigenvalue weighted by atomic mass is 79.9. The first-order chi connectivity index (χ1) is 13.3. The van der Waals surface area contributed by atoms with Gasteiger partial charge in [-0.05, 0) is 30.4 Å². The Hall–Kier alpha value is -1.64. The third-order valence-corrected chi connectivity index (χ3v) is 6.06. The number of methoxy groups -OCH3 is 6. The van der Waals surface area contributed by atoms with Crippen LogP contribution in [0.5, 0.6) is 17.2 Å². The molecule has 2 atom stereocenters. The van der Waals surface area contributed by atoms with Gasteiger partial charge in [-0.15, -0.1) is 0 Å². The van der Waals surface area contributed by atoms with Crippen LogP contribution in [-0.4, -0.2) is 62.7 Å². The van der Waals surface area contributed by atoms with E-state index in [-0.39, 0.29) is 6.10 Å². The van der Waals surface area contributed by atoms with Crippen molar-refractivity contribution in [3.63, 3.8) is 0 Å². The fourth-order valence-electron chi connectivity index (χ4n) is 3.61. The standard InChI is InChI=1S/C20H26BBrO6/c1-9-11(15(23-3)19(27-7)17(25-5)13(9)21)12-10(2)14(22)18(26-6)20(28-8)16(12)24-4/h18,20H,1-8H3. The second-order valence-electron chi connectivity index (χ2n) is 6.24. The Morgan fingerprint density at radius 1 is 0.750 bits per heavy atom. The number of rotatable bonds is 7. The van der Waals surface area contributed by atoms with Gasteiger partial charge in [-0.1, -0.05) is 15.9 Å². The lowest BCUT2D eigenvalue weighted by atomic mass is 9.80. The highest BCUT2D eigenvalue weighted by Crippen LogP contribution is 2.49. The van der Waals surface area contributed by atoms with E-state index < -0.39 is 6.10 Å². The molecule has 2 unspecified atom stereocenters. The minimum atomic E-state index is -0.457. The third kappa shape index (κ3) is 3.42. The number of hydrogen-bond acceptors (Lipinski definition) is 6. The van der Waals surface area contributed by atoms with Gasteiger partial charge in [-0.3, -0.25) is 0 Å². The van der Waals surface area contributed by atoms with Gasteiger partial charge in [0.25, 0.3) is 0 Å². The Bertz CT molecular complexity index is 818. The quantitative estimate of drug-likeness (QED) is 0.593. The van der Waals surface area contributed by atoms with Crippen molar-refractivity contribution in [1.82, 2.24) is 0 Å². The monoisotopic (exact) mass is 452 g/mol. The van der Waals surface area contributed by atoms with Crippen LogP contribution in [0.25, 0.3) is 5.57 Å². The van der Waals surface area contributed by atoms with Crippen molar-refractivity contribution in [3.05, 3.63) is 26.9 Å². The zero-order chi connectivity index (χ0) is 21.2. The van der Waals surface area contributed by atoms with Crippen LogP contribution in [-0.2, 0) is 14.2 Å². The maximum atomic E-state index is 6.38. The lowest BCUT2D eigenvalue weighted by molar-refractivity contribution is -0.0193. The zero-order valence-electron chi connectivity index (χ0n) is 17.6. The molecule has 2 radical (unpaired) electrons. The van der Waals surface area contributed by atoms with E-state index >= 15 is 0 Å². The largest absolute Gasteiger partial charge is 0.498 e. The number of allylic oxidation sites excluding steroid dienone is 2. The molecule has 1 aliphatic rings. The fraction of sp³-hybridized carbons (Fsp3) is 0.500. The topological polar surface area (TPSA) is 55.4 Å². The second kappa shape index (κ2) is 9.24. The molecule has 2 rings (SSSR count). The number of benzene rings is 1. The molecule has 0 aliphatic heterocycles. The van der Waals surface area contributed by atoms with Gasteiger partial charge in [0, 0.05) is 29.8 Å². The fourth-order valence-corrected chi connectivity index (χ4v) is 4.24. The minimum Gasteiger partial charge on any atom is -0.498 e. The van der Waals surface area contributed by atoms with Crippen LogP contribution >= 0.6 is 15.9 Å². The van der Waals surface area contributed by atoms with Crippen LogP contribution in [0, 0.1) is 6.92 Å². The summed E-state index contributed by atoms with van der Waals surface area (Å²) in [4.78, 5) is 0. The molecule has 0 amide bonds. The lowest BCUT2D eigenvalue weighted by Gasteiger charge is -2.35. The summed E-state index contributed by atoms with van der Waals surface area (Å²) < 4.78 is 34.8. The predicted molar refractivity (Wildman–Crippen MR) is 113 cm³/mol. The van der Waals surface area contributed by atoms with Gasteiger partial charge in [-0.25, -0.2) is 0 Å². The molecule has 8 heteroatoms. The van der Waals surface area contributed by atoms with E-state index in [4.69, 9.17) is 36.3 Å². The van der Waals surface area contributed by atoms with E-state index in [1.807, 2.05) is 13.8 Å².